The molecule has 0 saturated carbocycles. The van der Waals surface area contributed by atoms with E-state index in [1.54, 1.807) is 24.3 Å². The maximum atomic E-state index is 12.4. The summed E-state index contributed by atoms with van der Waals surface area (Å²) in [6.07, 6.45) is 2.77. The van der Waals surface area contributed by atoms with Crippen LogP contribution in [0.15, 0.2) is 83.9 Å². The molecule has 166 valence electrons. The molecular weight excluding hydrogens is 422 g/mol. The Balaban J connectivity index is 1.37. The largest absolute Gasteiger partial charge is 0.493 e. The zero-order valence-corrected chi connectivity index (χ0v) is 19.1. The van der Waals surface area contributed by atoms with E-state index in [0.717, 1.165) is 28.6 Å². The Morgan fingerprint density at radius 1 is 0.812 bits per heavy atom. The van der Waals surface area contributed by atoms with Crippen molar-refractivity contribution in [2.24, 2.45) is 0 Å². The summed E-state index contributed by atoms with van der Waals surface area (Å²) in [7, 11) is -3.77. The maximum absolute atomic E-state index is 12.4. The summed E-state index contributed by atoms with van der Waals surface area (Å²) in [4.78, 5) is 0.171. The highest BCUT2D eigenvalue weighted by Gasteiger charge is 2.15. The van der Waals surface area contributed by atoms with Crippen LogP contribution in [-0.4, -0.2) is 26.2 Å². The molecule has 0 amide bonds. The van der Waals surface area contributed by atoms with Gasteiger partial charge in [0, 0.05) is 25.2 Å². The summed E-state index contributed by atoms with van der Waals surface area (Å²) in [6.45, 7) is 5.05. The molecule has 0 unspecified atom stereocenters. The topological polar surface area (TPSA) is 57.5 Å². The maximum Gasteiger partial charge on any atom is 0.297 e. The lowest BCUT2D eigenvalue weighted by Gasteiger charge is -2.10. The number of aryl methyl sites for hydroxylation is 2. The normalized spacial score (nSPS) is 11.7. The Bertz CT molecular complexity index is 1290. The van der Waals surface area contributed by atoms with E-state index < -0.39 is 10.1 Å². The van der Waals surface area contributed by atoms with Gasteiger partial charge in [-0.15, -0.1) is 0 Å². The van der Waals surface area contributed by atoms with Crippen molar-refractivity contribution in [3.8, 4) is 5.75 Å². The molecule has 0 fully saturated rings. The number of ether oxygens (including phenoxy) is 1. The van der Waals surface area contributed by atoms with Gasteiger partial charge in [-0.2, -0.15) is 8.42 Å². The highest BCUT2D eigenvalue weighted by molar-refractivity contribution is 7.86. The van der Waals surface area contributed by atoms with E-state index in [2.05, 4.69) is 31.2 Å². The van der Waals surface area contributed by atoms with Gasteiger partial charge in [-0.3, -0.25) is 4.18 Å². The smallest absolute Gasteiger partial charge is 0.297 e. The highest BCUT2D eigenvalue weighted by Crippen LogP contribution is 2.23. The fourth-order valence-corrected chi connectivity index (χ4v) is 4.41. The van der Waals surface area contributed by atoms with Gasteiger partial charge in [-0.25, -0.2) is 0 Å². The first-order valence-corrected chi connectivity index (χ1v) is 12.0. The number of aromatic nitrogens is 1. The van der Waals surface area contributed by atoms with Gasteiger partial charge in [0.25, 0.3) is 10.1 Å². The van der Waals surface area contributed by atoms with Gasteiger partial charge in [0.2, 0.25) is 0 Å². The van der Waals surface area contributed by atoms with Crippen LogP contribution in [0.4, 0.5) is 0 Å². The number of hydrogen-bond acceptors (Lipinski definition) is 4. The predicted molar refractivity (Wildman–Crippen MR) is 127 cm³/mol. The van der Waals surface area contributed by atoms with Gasteiger partial charge in [-0.05, 0) is 55.1 Å². The Labute approximate surface area is 189 Å². The predicted octanol–water partition coefficient (Wildman–Crippen LogP) is 5.29. The Morgan fingerprint density at radius 2 is 1.50 bits per heavy atom. The molecule has 0 spiro atoms. The van der Waals surface area contributed by atoms with Crippen molar-refractivity contribution in [1.82, 2.24) is 4.57 Å². The number of rotatable bonds is 9. The molecule has 0 bridgehead atoms. The van der Waals surface area contributed by atoms with Crippen molar-refractivity contribution < 1.29 is 17.3 Å². The van der Waals surface area contributed by atoms with Crippen LogP contribution in [0.1, 0.15) is 16.7 Å². The van der Waals surface area contributed by atoms with Gasteiger partial charge in [0.05, 0.1) is 23.6 Å². The van der Waals surface area contributed by atoms with Crippen molar-refractivity contribution in [3.63, 3.8) is 0 Å². The Kier molecular flexibility index (Phi) is 6.63. The standard InChI is InChI=1S/C26H27NO4S/c1-20-3-7-22(8-4-20)14-17-30-24-10-9-23-13-15-27(26(23)19-24)16-18-31-32(28,29)25-11-5-21(2)6-12-25/h3-13,15,19H,14,16-18H2,1-2H3. The summed E-state index contributed by atoms with van der Waals surface area (Å²) in [6, 6.07) is 23.1. The molecule has 0 radical (unpaired) electrons. The fourth-order valence-electron chi connectivity index (χ4n) is 3.51. The lowest BCUT2D eigenvalue weighted by Crippen LogP contribution is -2.12. The molecule has 0 aliphatic carbocycles. The van der Waals surface area contributed by atoms with E-state index in [0.29, 0.717) is 13.2 Å². The fraction of sp³-hybridized carbons (Fsp3) is 0.231. The molecule has 4 aromatic rings. The Morgan fingerprint density at radius 3 is 2.22 bits per heavy atom. The molecule has 0 aliphatic heterocycles. The van der Waals surface area contributed by atoms with Crippen molar-refractivity contribution in [1.29, 1.82) is 0 Å². The molecule has 0 aliphatic rings. The van der Waals surface area contributed by atoms with Crippen molar-refractivity contribution in [2.45, 2.75) is 31.7 Å². The number of fused-ring (bicyclic) bond motifs is 1. The molecule has 1 aromatic heterocycles. The number of benzene rings is 3. The lowest BCUT2D eigenvalue weighted by atomic mass is 10.1. The van der Waals surface area contributed by atoms with E-state index in [1.165, 1.54) is 11.1 Å². The second-order valence-corrected chi connectivity index (χ2v) is 9.52. The minimum Gasteiger partial charge on any atom is -0.493 e. The Hall–Kier alpha value is -3.09. The van der Waals surface area contributed by atoms with Crippen LogP contribution < -0.4 is 4.74 Å². The van der Waals surface area contributed by atoms with Crippen LogP contribution in [0.3, 0.4) is 0 Å². The molecule has 0 saturated heterocycles. The molecule has 32 heavy (non-hydrogen) atoms. The molecule has 3 aromatic carbocycles. The molecule has 0 N–H and O–H groups in total. The second-order valence-electron chi connectivity index (χ2n) is 7.90. The van der Waals surface area contributed by atoms with Crippen LogP contribution in [0, 0.1) is 13.8 Å². The molecule has 4 rings (SSSR count). The lowest BCUT2D eigenvalue weighted by molar-refractivity contribution is 0.302. The van der Waals surface area contributed by atoms with E-state index in [1.807, 2.05) is 42.0 Å². The van der Waals surface area contributed by atoms with Crippen molar-refractivity contribution >= 4 is 21.0 Å². The van der Waals surface area contributed by atoms with E-state index in [-0.39, 0.29) is 11.5 Å². The first kappa shape index (κ1) is 22.1. The molecular formula is C26H27NO4S. The third-order valence-corrected chi connectivity index (χ3v) is 6.73. The van der Waals surface area contributed by atoms with Crippen molar-refractivity contribution in [2.75, 3.05) is 13.2 Å². The molecule has 1 heterocycles. The van der Waals surface area contributed by atoms with Gasteiger partial charge >= 0.3 is 0 Å². The SMILES string of the molecule is Cc1ccc(CCOc2ccc3ccn(CCOS(=O)(=O)c4ccc(C)cc4)c3c2)cc1. The van der Waals surface area contributed by atoms with E-state index >= 15 is 0 Å². The first-order valence-electron chi connectivity index (χ1n) is 10.6. The first-order chi connectivity index (χ1) is 15.4. The monoisotopic (exact) mass is 449 g/mol. The minimum absolute atomic E-state index is 0.0541. The quantitative estimate of drug-likeness (QED) is 0.326. The summed E-state index contributed by atoms with van der Waals surface area (Å²) in [5, 5.41) is 1.07. The van der Waals surface area contributed by atoms with Crippen LogP contribution >= 0.6 is 0 Å². The number of hydrogen-bond donors (Lipinski definition) is 0. The molecule has 6 heteroatoms. The minimum atomic E-state index is -3.77. The number of nitrogens with zero attached hydrogens (tertiary/aromatic N) is 1. The van der Waals surface area contributed by atoms with Gasteiger partial charge in [0.15, 0.2) is 0 Å². The van der Waals surface area contributed by atoms with Crippen LogP contribution in [-0.2, 0) is 27.3 Å². The average molecular weight is 450 g/mol. The van der Waals surface area contributed by atoms with E-state index in [4.69, 9.17) is 8.92 Å². The van der Waals surface area contributed by atoms with E-state index in [9.17, 15) is 8.42 Å². The zero-order valence-electron chi connectivity index (χ0n) is 18.3. The molecule has 5 nitrogen and oxygen atoms in total. The summed E-state index contributed by atoms with van der Waals surface area (Å²) in [5.74, 6) is 0.790. The third-order valence-electron chi connectivity index (χ3n) is 5.41. The zero-order chi connectivity index (χ0) is 22.6. The average Bonchev–Trinajstić information content (AvgIpc) is 3.18. The van der Waals surface area contributed by atoms with Crippen molar-refractivity contribution in [3.05, 3.63) is 95.7 Å². The highest BCUT2D eigenvalue weighted by atomic mass is 32.2. The van der Waals surface area contributed by atoms with Crippen LogP contribution in [0.2, 0.25) is 0 Å². The van der Waals surface area contributed by atoms with Gasteiger partial charge < -0.3 is 9.30 Å². The summed E-state index contributed by atoms with van der Waals surface area (Å²) >= 11 is 0. The van der Waals surface area contributed by atoms with Crippen LogP contribution in [0.5, 0.6) is 5.75 Å². The summed E-state index contributed by atoms with van der Waals surface area (Å²) in [5.41, 5.74) is 4.47. The second kappa shape index (κ2) is 9.59. The third kappa shape index (κ3) is 5.39. The molecule has 0 atom stereocenters. The van der Waals surface area contributed by atoms with Crippen LogP contribution in [0.25, 0.3) is 10.9 Å². The van der Waals surface area contributed by atoms with Gasteiger partial charge in [0.1, 0.15) is 5.75 Å². The van der Waals surface area contributed by atoms with Gasteiger partial charge in [-0.1, -0.05) is 47.5 Å². The summed E-state index contributed by atoms with van der Waals surface area (Å²) < 4.78 is 38.0.